The Bertz CT molecular complexity index is 295. The average Bonchev–Trinajstić information content (AvgIpc) is 2.51. The fraction of sp³-hybridized carbons (Fsp3) is 0.143. The Morgan fingerprint density at radius 3 is 2.67 bits per heavy atom. The second-order valence-corrected chi connectivity index (χ2v) is 2.19. The Labute approximate surface area is 69.8 Å². The lowest BCUT2D eigenvalue weighted by atomic mass is 10.3. The first-order valence-corrected chi connectivity index (χ1v) is 3.37. The molecular weight excluding hydrogens is 156 g/mol. The van der Waals surface area contributed by atoms with Crippen molar-refractivity contribution in [3.8, 4) is 0 Å². The molecule has 0 aliphatic rings. The third kappa shape index (κ3) is 2.12. The van der Waals surface area contributed by atoms with Gasteiger partial charge in [0.2, 0.25) is 5.96 Å². The Morgan fingerprint density at radius 1 is 1.42 bits per heavy atom. The summed E-state index contributed by atoms with van der Waals surface area (Å²) < 4.78 is 5.05. The molecule has 64 valence electrons. The molecule has 0 aromatic carbocycles. The number of nitrogens with two attached hydrogens (primary N) is 2. The van der Waals surface area contributed by atoms with Crippen molar-refractivity contribution in [2.24, 2.45) is 21.7 Å². The van der Waals surface area contributed by atoms with Gasteiger partial charge in [0.15, 0.2) is 0 Å². The first-order valence-electron chi connectivity index (χ1n) is 3.37. The molecule has 0 atom stereocenters. The van der Waals surface area contributed by atoms with Crippen molar-refractivity contribution in [2.45, 2.75) is 6.92 Å². The number of nitrogens with zero attached hydrogens (tertiary/aromatic N) is 2. The van der Waals surface area contributed by atoms with E-state index in [1.165, 1.54) is 0 Å². The van der Waals surface area contributed by atoms with Crippen LogP contribution in [0.1, 0.15) is 12.7 Å². The maximum atomic E-state index is 5.08. The fourth-order valence-corrected chi connectivity index (χ4v) is 0.666. The SMILES string of the molecule is C/C(=N/N=C(N)N)c1ccco1. The van der Waals surface area contributed by atoms with E-state index in [0.29, 0.717) is 11.5 Å². The lowest BCUT2D eigenvalue weighted by molar-refractivity contribution is 0.557. The molecule has 0 bridgehead atoms. The van der Waals surface area contributed by atoms with Crippen LogP contribution in [-0.2, 0) is 0 Å². The van der Waals surface area contributed by atoms with Crippen LogP contribution < -0.4 is 11.5 Å². The van der Waals surface area contributed by atoms with Gasteiger partial charge in [0.25, 0.3) is 0 Å². The normalized spacial score (nSPS) is 11.2. The number of hydrogen-bond acceptors (Lipinski definition) is 3. The second kappa shape index (κ2) is 3.56. The fourth-order valence-electron chi connectivity index (χ4n) is 0.666. The molecule has 0 saturated carbocycles. The summed E-state index contributed by atoms with van der Waals surface area (Å²) in [4.78, 5) is 0. The molecule has 0 saturated heterocycles. The third-order valence-electron chi connectivity index (χ3n) is 1.19. The molecule has 0 amide bonds. The second-order valence-electron chi connectivity index (χ2n) is 2.19. The van der Waals surface area contributed by atoms with Crippen LogP contribution in [0.2, 0.25) is 0 Å². The predicted molar refractivity (Wildman–Crippen MR) is 46.7 cm³/mol. The maximum absolute atomic E-state index is 5.08. The van der Waals surface area contributed by atoms with E-state index < -0.39 is 0 Å². The smallest absolute Gasteiger partial charge is 0.211 e. The van der Waals surface area contributed by atoms with Crippen LogP contribution in [0, 0.1) is 0 Å². The molecule has 0 aliphatic carbocycles. The summed E-state index contributed by atoms with van der Waals surface area (Å²) in [6.45, 7) is 1.76. The average molecular weight is 166 g/mol. The van der Waals surface area contributed by atoms with E-state index in [2.05, 4.69) is 10.2 Å². The van der Waals surface area contributed by atoms with Gasteiger partial charge in [-0.25, -0.2) is 0 Å². The van der Waals surface area contributed by atoms with E-state index in [9.17, 15) is 0 Å². The molecule has 5 nitrogen and oxygen atoms in total. The van der Waals surface area contributed by atoms with E-state index in [0.717, 1.165) is 0 Å². The molecule has 0 radical (unpaired) electrons. The van der Waals surface area contributed by atoms with E-state index in [1.807, 2.05) is 0 Å². The molecule has 5 heteroatoms. The van der Waals surface area contributed by atoms with Crippen molar-refractivity contribution in [2.75, 3.05) is 0 Å². The Morgan fingerprint density at radius 2 is 2.17 bits per heavy atom. The summed E-state index contributed by atoms with van der Waals surface area (Å²) in [5, 5.41) is 7.21. The first-order chi connectivity index (χ1) is 5.70. The summed E-state index contributed by atoms with van der Waals surface area (Å²) in [7, 11) is 0. The van der Waals surface area contributed by atoms with Crippen LogP contribution in [0.3, 0.4) is 0 Å². The van der Waals surface area contributed by atoms with Gasteiger partial charge >= 0.3 is 0 Å². The Hall–Kier alpha value is -1.78. The Balaban J connectivity index is 2.78. The largest absolute Gasteiger partial charge is 0.463 e. The van der Waals surface area contributed by atoms with Crippen LogP contribution in [-0.4, -0.2) is 11.7 Å². The molecule has 0 spiro atoms. The summed E-state index contributed by atoms with van der Waals surface area (Å²) in [6, 6.07) is 3.55. The Kier molecular flexibility index (Phi) is 2.47. The quantitative estimate of drug-likeness (QED) is 0.375. The van der Waals surface area contributed by atoms with E-state index in [1.54, 1.807) is 25.3 Å². The standard InChI is InChI=1S/C7H10N4O/c1-5(10-11-7(8)9)6-3-2-4-12-6/h2-4H,1H3,(H4,8,9,11)/b10-5-. The van der Waals surface area contributed by atoms with Gasteiger partial charge in [-0.2, -0.15) is 0 Å². The zero-order chi connectivity index (χ0) is 8.97. The van der Waals surface area contributed by atoms with Crippen molar-refractivity contribution < 1.29 is 4.42 Å². The van der Waals surface area contributed by atoms with Gasteiger partial charge in [0.05, 0.1) is 6.26 Å². The van der Waals surface area contributed by atoms with Crippen molar-refractivity contribution >= 4 is 11.7 Å². The zero-order valence-corrected chi connectivity index (χ0v) is 6.69. The highest BCUT2D eigenvalue weighted by Gasteiger charge is 1.97. The number of hydrogen-bond donors (Lipinski definition) is 2. The van der Waals surface area contributed by atoms with Gasteiger partial charge < -0.3 is 15.9 Å². The van der Waals surface area contributed by atoms with Crippen LogP contribution in [0.15, 0.2) is 33.0 Å². The van der Waals surface area contributed by atoms with E-state index >= 15 is 0 Å². The van der Waals surface area contributed by atoms with Crippen LogP contribution in [0.25, 0.3) is 0 Å². The van der Waals surface area contributed by atoms with Crippen LogP contribution in [0.5, 0.6) is 0 Å². The van der Waals surface area contributed by atoms with Crippen molar-refractivity contribution in [1.29, 1.82) is 0 Å². The van der Waals surface area contributed by atoms with Crippen LogP contribution >= 0.6 is 0 Å². The minimum atomic E-state index is -0.0686. The summed E-state index contributed by atoms with van der Waals surface area (Å²) >= 11 is 0. The highest BCUT2D eigenvalue weighted by molar-refractivity contribution is 5.96. The molecule has 1 heterocycles. The number of furan rings is 1. The topological polar surface area (TPSA) is 89.9 Å². The highest BCUT2D eigenvalue weighted by Crippen LogP contribution is 2.01. The van der Waals surface area contributed by atoms with Gasteiger partial charge in [-0.05, 0) is 19.1 Å². The predicted octanol–water partition coefficient (Wildman–Crippen LogP) is 0.277. The van der Waals surface area contributed by atoms with Crippen LogP contribution in [0.4, 0.5) is 0 Å². The minimum absolute atomic E-state index is 0.0686. The summed E-state index contributed by atoms with van der Waals surface area (Å²) in [5.74, 6) is 0.584. The summed E-state index contributed by atoms with van der Waals surface area (Å²) in [6.07, 6.45) is 1.56. The van der Waals surface area contributed by atoms with Gasteiger partial charge in [0, 0.05) is 0 Å². The van der Waals surface area contributed by atoms with Crippen molar-refractivity contribution in [3.63, 3.8) is 0 Å². The highest BCUT2D eigenvalue weighted by atomic mass is 16.3. The third-order valence-corrected chi connectivity index (χ3v) is 1.19. The molecule has 0 aliphatic heterocycles. The van der Waals surface area contributed by atoms with Gasteiger partial charge in [-0.15, -0.1) is 10.2 Å². The molecule has 1 rings (SSSR count). The van der Waals surface area contributed by atoms with E-state index in [-0.39, 0.29) is 5.96 Å². The molecule has 1 aromatic rings. The van der Waals surface area contributed by atoms with Crippen molar-refractivity contribution in [3.05, 3.63) is 24.2 Å². The number of guanidine groups is 1. The van der Waals surface area contributed by atoms with Gasteiger partial charge in [0.1, 0.15) is 11.5 Å². The van der Waals surface area contributed by atoms with Crippen molar-refractivity contribution in [1.82, 2.24) is 0 Å². The molecular formula is C7H10N4O. The molecule has 4 N–H and O–H groups in total. The van der Waals surface area contributed by atoms with Gasteiger partial charge in [-0.3, -0.25) is 0 Å². The monoisotopic (exact) mass is 166 g/mol. The number of rotatable bonds is 2. The molecule has 1 aromatic heterocycles. The zero-order valence-electron chi connectivity index (χ0n) is 6.69. The molecule has 12 heavy (non-hydrogen) atoms. The first kappa shape index (κ1) is 8.32. The lowest BCUT2D eigenvalue weighted by Crippen LogP contribution is -2.22. The molecule has 0 fully saturated rings. The summed E-state index contributed by atoms with van der Waals surface area (Å²) in [5.41, 5.74) is 10.8. The van der Waals surface area contributed by atoms with E-state index in [4.69, 9.17) is 15.9 Å². The van der Waals surface area contributed by atoms with Gasteiger partial charge in [-0.1, -0.05) is 0 Å². The minimum Gasteiger partial charge on any atom is -0.463 e. The molecule has 0 unspecified atom stereocenters. The lowest BCUT2D eigenvalue weighted by Gasteiger charge is -1.90. The maximum Gasteiger partial charge on any atom is 0.211 e.